The number of benzene rings is 1. The maximum absolute atomic E-state index is 13.0. The van der Waals surface area contributed by atoms with Gasteiger partial charge in [0, 0.05) is 13.1 Å². The van der Waals surface area contributed by atoms with Gasteiger partial charge in [-0.15, -0.1) is 0 Å². The maximum atomic E-state index is 13.0. The molecule has 0 amide bonds. The van der Waals surface area contributed by atoms with Crippen LogP contribution >= 0.6 is 23.4 Å². The predicted octanol–water partition coefficient (Wildman–Crippen LogP) is 3.78. The van der Waals surface area contributed by atoms with E-state index in [1.807, 2.05) is 6.26 Å². The van der Waals surface area contributed by atoms with Crippen molar-refractivity contribution in [3.05, 3.63) is 35.1 Å². The summed E-state index contributed by atoms with van der Waals surface area (Å²) in [4.78, 5) is 8.56. The summed E-state index contributed by atoms with van der Waals surface area (Å²) in [6, 6.07) is 5.90. The maximum Gasteiger partial charge on any atom is 0.191 e. The van der Waals surface area contributed by atoms with Crippen LogP contribution in [0.4, 0.5) is 21.7 Å². The molecule has 2 N–H and O–H groups in total. The molecule has 0 aliphatic carbocycles. The van der Waals surface area contributed by atoms with Crippen LogP contribution in [0.1, 0.15) is 0 Å². The van der Waals surface area contributed by atoms with Gasteiger partial charge < -0.3 is 10.6 Å². The van der Waals surface area contributed by atoms with Gasteiger partial charge in [-0.05, 0) is 24.5 Å². The standard InChI is InChI=1S/C12H12ClFN4S/c1-15-10-6-11(18-12(17-10)19-2)16-9-4-3-7(14)5-8(9)13/h3-6H,1-2H3,(H2,15,16,17,18). The molecule has 100 valence electrons. The number of hydrogen-bond donors (Lipinski definition) is 2. The molecule has 1 heterocycles. The van der Waals surface area contributed by atoms with Crippen molar-refractivity contribution >= 4 is 40.7 Å². The van der Waals surface area contributed by atoms with E-state index in [9.17, 15) is 4.39 Å². The smallest absolute Gasteiger partial charge is 0.191 e. The van der Waals surface area contributed by atoms with Gasteiger partial charge in [0.25, 0.3) is 0 Å². The lowest BCUT2D eigenvalue weighted by atomic mass is 10.3. The first kappa shape index (κ1) is 13.9. The third-order valence-electron chi connectivity index (χ3n) is 2.34. The summed E-state index contributed by atoms with van der Waals surface area (Å²) in [5.41, 5.74) is 0.593. The molecular weight excluding hydrogens is 287 g/mol. The Labute approximate surface area is 119 Å². The molecule has 0 fully saturated rings. The number of anilines is 3. The number of rotatable bonds is 4. The van der Waals surface area contributed by atoms with Crippen LogP contribution in [-0.4, -0.2) is 23.3 Å². The lowest BCUT2D eigenvalue weighted by molar-refractivity contribution is 0.628. The first-order valence-corrected chi connectivity index (χ1v) is 7.05. The van der Waals surface area contributed by atoms with Crippen molar-refractivity contribution in [3.63, 3.8) is 0 Å². The molecule has 0 saturated heterocycles. The lowest BCUT2D eigenvalue weighted by Crippen LogP contribution is -2.01. The topological polar surface area (TPSA) is 49.8 Å². The monoisotopic (exact) mass is 298 g/mol. The molecule has 0 atom stereocenters. The summed E-state index contributed by atoms with van der Waals surface area (Å²) >= 11 is 7.39. The number of nitrogens with one attached hydrogen (secondary N) is 2. The molecule has 1 aromatic heterocycles. The Morgan fingerprint density at radius 2 is 1.95 bits per heavy atom. The Morgan fingerprint density at radius 1 is 1.21 bits per heavy atom. The average Bonchev–Trinajstić information content (AvgIpc) is 2.41. The first-order valence-electron chi connectivity index (χ1n) is 5.45. The van der Waals surface area contributed by atoms with Crippen LogP contribution in [0, 0.1) is 5.82 Å². The molecule has 1 aromatic carbocycles. The lowest BCUT2D eigenvalue weighted by Gasteiger charge is -2.10. The van der Waals surface area contributed by atoms with E-state index in [2.05, 4.69) is 20.6 Å². The molecule has 0 spiro atoms. The highest BCUT2D eigenvalue weighted by Gasteiger charge is 2.06. The van der Waals surface area contributed by atoms with E-state index < -0.39 is 0 Å². The van der Waals surface area contributed by atoms with Crippen LogP contribution in [-0.2, 0) is 0 Å². The summed E-state index contributed by atoms with van der Waals surface area (Å²) in [6.07, 6.45) is 1.89. The van der Waals surface area contributed by atoms with E-state index in [0.29, 0.717) is 27.5 Å². The minimum Gasteiger partial charge on any atom is -0.373 e. The van der Waals surface area contributed by atoms with Gasteiger partial charge in [0.2, 0.25) is 0 Å². The van der Waals surface area contributed by atoms with Gasteiger partial charge in [-0.1, -0.05) is 23.4 Å². The van der Waals surface area contributed by atoms with E-state index >= 15 is 0 Å². The SMILES string of the molecule is CNc1cc(Nc2ccc(F)cc2Cl)nc(SC)n1. The number of halogens is 2. The van der Waals surface area contributed by atoms with Crippen molar-refractivity contribution in [2.75, 3.05) is 23.9 Å². The Kier molecular flexibility index (Phi) is 4.44. The molecule has 0 aliphatic heterocycles. The summed E-state index contributed by atoms with van der Waals surface area (Å²) < 4.78 is 13.0. The fourth-order valence-electron chi connectivity index (χ4n) is 1.44. The molecule has 0 bridgehead atoms. The van der Waals surface area contributed by atoms with Gasteiger partial charge in [0.05, 0.1) is 10.7 Å². The third kappa shape index (κ3) is 3.48. The van der Waals surface area contributed by atoms with Crippen molar-refractivity contribution in [1.29, 1.82) is 0 Å². The van der Waals surface area contributed by atoms with Gasteiger partial charge >= 0.3 is 0 Å². The van der Waals surface area contributed by atoms with Crippen LogP contribution in [0.25, 0.3) is 0 Å². The highest BCUT2D eigenvalue weighted by Crippen LogP contribution is 2.26. The van der Waals surface area contributed by atoms with E-state index in [1.165, 1.54) is 23.9 Å². The van der Waals surface area contributed by atoms with Crippen LogP contribution in [0.2, 0.25) is 5.02 Å². The first-order chi connectivity index (χ1) is 9.12. The molecule has 4 nitrogen and oxygen atoms in total. The minimum atomic E-state index is -0.376. The minimum absolute atomic E-state index is 0.301. The summed E-state index contributed by atoms with van der Waals surface area (Å²) in [5, 5.41) is 6.93. The second-order valence-corrected chi connectivity index (χ2v) is 4.80. The molecule has 0 aliphatic rings. The Bertz CT molecular complexity index is 572. The normalized spacial score (nSPS) is 10.3. The van der Waals surface area contributed by atoms with Gasteiger partial charge in [-0.25, -0.2) is 14.4 Å². The van der Waals surface area contributed by atoms with Gasteiger partial charge in [0.1, 0.15) is 17.5 Å². The third-order valence-corrected chi connectivity index (χ3v) is 3.20. The summed E-state index contributed by atoms with van der Waals surface area (Å²) in [6.45, 7) is 0. The second-order valence-electron chi connectivity index (χ2n) is 3.62. The number of thioether (sulfide) groups is 1. The van der Waals surface area contributed by atoms with Crippen molar-refractivity contribution in [3.8, 4) is 0 Å². The number of hydrogen-bond acceptors (Lipinski definition) is 5. The quantitative estimate of drug-likeness (QED) is 0.664. The number of nitrogens with zero attached hydrogens (tertiary/aromatic N) is 2. The van der Waals surface area contributed by atoms with Crippen LogP contribution < -0.4 is 10.6 Å². The largest absolute Gasteiger partial charge is 0.373 e. The van der Waals surface area contributed by atoms with Crippen molar-refractivity contribution < 1.29 is 4.39 Å². The molecule has 2 rings (SSSR count). The highest BCUT2D eigenvalue weighted by atomic mass is 35.5. The summed E-state index contributed by atoms with van der Waals surface area (Å²) in [7, 11) is 1.78. The van der Waals surface area contributed by atoms with Gasteiger partial charge in [0.15, 0.2) is 5.16 Å². The van der Waals surface area contributed by atoms with Gasteiger partial charge in [-0.3, -0.25) is 0 Å². The fraction of sp³-hybridized carbons (Fsp3) is 0.167. The van der Waals surface area contributed by atoms with Crippen molar-refractivity contribution in [2.24, 2.45) is 0 Å². The van der Waals surface area contributed by atoms with Gasteiger partial charge in [-0.2, -0.15) is 0 Å². The zero-order chi connectivity index (χ0) is 13.8. The Hall–Kier alpha value is -1.53. The predicted molar refractivity (Wildman–Crippen MR) is 78.1 cm³/mol. The zero-order valence-corrected chi connectivity index (χ0v) is 11.9. The van der Waals surface area contributed by atoms with E-state index in [-0.39, 0.29) is 5.82 Å². The highest BCUT2D eigenvalue weighted by molar-refractivity contribution is 7.98. The van der Waals surface area contributed by atoms with E-state index in [0.717, 1.165) is 0 Å². The zero-order valence-electron chi connectivity index (χ0n) is 10.4. The Balaban J connectivity index is 2.31. The van der Waals surface area contributed by atoms with Crippen LogP contribution in [0.5, 0.6) is 0 Å². The fourth-order valence-corrected chi connectivity index (χ4v) is 2.03. The molecule has 0 radical (unpaired) electrons. The van der Waals surface area contributed by atoms with Crippen molar-refractivity contribution in [1.82, 2.24) is 9.97 Å². The molecule has 0 saturated carbocycles. The van der Waals surface area contributed by atoms with Crippen LogP contribution in [0.3, 0.4) is 0 Å². The molecular formula is C12H12ClFN4S. The summed E-state index contributed by atoms with van der Waals surface area (Å²) in [5.74, 6) is 0.913. The molecule has 7 heteroatoms. The molecule has 2 aromatic rings. The second kappa shape index (κ2) is 6.08. The average molecular weight is 299 g/mol. The van der Waals surface area contributed by atoms with E-state index in [1.54, 1.807) is 19.2 Å². The number of aromatic nitrogens is 2. The van der Waals surface area contributed by atoms with Crippen LogP contribution in [0.15, 0.2) is 29.4 Å². The van der Waals surface area contributed by atoms with E-state index in [4.69, 9.17) is 11.6 Å². The van der Waals surface area contributed by atoms with Crippen molar-refractivity contribution in [2.45, 2.75) is 5.16 Å². The molecule has 19 heavy (non-hydrogen) atoms. The molecule has 0 unspecified atom stereocenters. The Morgan fingerprint density at radius 3 is 2.58 bits per heavy atom.